The van der Waals surface area contributed by atoms with Gasteiger partial charge in [-0.2, -0.15) is 0 Å². The molecule has 2 aromatic heterocycles. The molecule has 0 saturated heterocycles. The number of hydrogen-bond donors (Lipinski definition) is 0. The van der Waals surface area contributed by atoms with E-state index in [0.29, 0.717) is 0 Å². The molecule has 12 aromatic rings. The minimum Gasteiger partial charge on any atom is -0.455 e. The Morgan fingerprint density at radius 3 is 1.69 bits per heavy atom. The van der Waals surface area contributed by atoms with Gasteiger partial charge >= 0.3 is 0 Å². The van der Waals surface area contributed by atoms with Gasteiger partial charge in [-0.15, -0.1) is 0 Å². The lowest BCUT2D eigenvalue weighted by Crippen LogP contribution is -2.28. The van der Waals surface area contributed by atoms with E-state index in [-0.39, 0.29) is 0 Å². The minimum atomic E-state index is -0.565. The van der Waals surface area contributed by atoms with Crippen molar-refractivity contribution in [2.75, 3.05) is 4.90 Å². The third-order valence-electron chi connectivity index (χ3n) is 13.1. The predicted octanol–water partition coefficient (Wildman–Crippen LogP) is 16.1. The Hall–Kier alpha value is -8.14. The molecule has 3 heteroatoms. The standard InChI is InChI=1S/C59H37NO2/c1-3-19-40(20-4-1)59(41-21-5-2-6-22-41)51-29-12-9-23-43(51)44-34-33-42(37-52(44)59)60(54-31-16-28-48-46-25-11-14-32-55(46)61-58(48)54)53-30-13-10-24-45(53)47-26-15-27-49-50-35-38-17-7-8-18-39(38)36-56(50)62-57(47)49/h1-37H. The average molecular weight is 792 g/mol. The van der Waals surface area contributed by atoms with Crippen LogP contribution < -0.4 is 4.90 Å². The molecule has 0 bridgehead atoms. The Morgan fingerprint density at radius 2 is 0.887 bits per heavy atom. The highest BCUT2D eigenvalue weighted by Gasteiger charge is 2.46. The molecule has 0 saturated carbocycles. The molecule has 0 atom stereocenters. The molecule has 0 spiro atoms. The van der Waals surface area contributed by atoms with E-state index in [9.17, 15) is 0 Å². The van der Waals surface area contributed by atoms with E-state index < -0.39 is 5.41 Å². The summed E-state index contributed by atoms with van der Waals surface area (Å²) >= 11 is 0. The second-order valence-electron chi connectivity index (χ2n) is 16.3. The molecule has 0 N–H and O–H groups in total. The topological polar surface area (TPSA) is 29.5 Å². The molecule has 0 amide bonds. The molecule has 1 aliphatic carbocycles. The van der Waals surface area contributed by atoms with Gasteiger partial charge in [0, 0.05) is 38.4 Å². The summed E-state index contributed by atoms with van der Waals surface area (Å²) in [6.45, 7) is 0. The van der Waals surface area contributed by atoms with Gasteiger partial charge < -0.3 is 13.7 Å². The fourth-order valence-electron chi connectivity index (χ4n) is 10.5. The Labute approximate surface area is 358 Å². The van der Waals surface area contributed by atoms with Crippen molar-refractivity contribution in [3.8, 4) is 22.3 Å². The highest BCUT2D eigenvalue weighted by Crippen LogP contribution is 2.58. The summed E-state index contributed by atoms with van der Waals surface area (Å²) in [7, 11) is 0. The zero-order chi connectivity index (χ0) is 40.8. The van der Waals surface area contributed by atoms with Crippen molar-refractivity contribution >= 4 is 71.7 Å². The van der Waals surface area contributed by atoms with Crippen molar-refractivity contribution in [3.05, 3.63) is 247 Å². The van der Waals surface area contributed by atoms with E-state index >= 15 is 0 Å². The van der Waals surface area contributed by atoms with Gasteiger partial charge in [-0.25, -0.2) is 0 Å². The fraction of sp³-hybridized carbons (Fsp3) is 0.0169. The first kappa shape index (κ1) is 34.7. The molecule has 0 radical (unpaired) electrons. The van der Waals surface area contributed by atoms with Crippen molar-refractivity contribution < 1.29 is 8.83 Å². The number of para-hydroxylation sites is 4. The van der Waals surface area contributed by atoms with Crippen LogP contribution in [0.15, 0.2) is 233 Å². The van der Waals surface area contributed by atoms with Gasteiger partial charge in [-0.1, -0.05) is 182 Å². The van der Waals surface area contributed by atoms with Crippen molar-refractivity contribution in [1.82, 2.24) is 0 Å². The molecule has 0 unspecified atom stereocenters. The normalized spacial score (nSPS) is 13.0. The Bertz CT molecular complexity index is 3670. The summed E-state index contributed by atoms with van der Waals surface area (Å²) in [6, 6.07) is 81.0. The highest BCUT2D eigenvalue weighted by atomic mass is 16.3. The third kappa shape index (κ3) is 4.94. The number of anilines is 3. The number of benzene rings is 10. The van der Waals surface area contributed by atoms with Crippen LogP contribution in [0.5, 0.6) is 0 Å². The zero-order valence-corrected chi connectivity index (χ0v) is 33.6. The molecule has 62 heavy (non-hydrogen) atoms. The molecule has 2 heterocycles. The van der Waals surface area contributed by atoms with Gasteiger partial charge in [0.1, 0.15) is 16.7 Å². The van der Waals surface area contributed by atoms with Crippen molar-refractivity contribution in [2.24, 2.45) is 0 Å². The van der Waals surface area contributed by atoms with Crippen molar-refractivity contribution in [3.63, 3.8) is 0 Å². The molecule has 0 fully saturated rings. The maximum Gasteiger partial charge on any atom is 0.159 e. The Balaban J connectivity index is 1.11. The first-order valence-corrected chi connectivity index (χ1v) is 21.2. The highest BCUT2D eigenvalue weighted by molar-refractivity contribution is 6.15. The Kier molecular flexibility index (Phi) is 7.52. The lowest BCUT2D eigenvalue weighted by Gasteiger charge is -2.35. The lowest BCUT2D eigenvalue weighted by molar-refractivity contribution is 0.669. The van der Waals surface area contributed by atoms with E-state index in [2.05, 4.69) is 223 Å². The predicted molar refractivity (Wildman–Crippen MR) is 256 cm³/mol. The number of hydrogen-bond acceptors (Lipinski definition) is 3. The van der Waals surface area contributed by atoms with Crippen LogP contribution in [0.2, 0.25) is 0 Å². The Morgan fingerprint density at radius 1 is 0.323 bits per heavy atom. The number of rotatable bonds is 6. The molecule has 10 aromatic carbocycles. The van der Waals surface area contributed by atoms with Crippen LogP contribution in [0.4, 0.5) is 17.1 Å². The second-order valence-corrected chi connectivity index (χ2v) is 16.3. The van der Waals surface area contributed by atoms with E-state index in [0.717, 1.165) is 77.5 Å². The first-order chi connectivity index (χ1) is 30.8. The molecular weight excluding hydrogens is 755 g/mol. The quantitative estimate of drug-likeness (QED) is 0.168. The van der Waals surface area contributed by atoms with Crippen molar-refractivity contribution in [1.29, 1.82) is 0 Å². The molecule has 290 valence electrons. The number of nitrogens with zero attached hydrogens (tertiary/aromatic N) is 1. The summed E-state index contributed by atoms with van der Waals surface area (Å²) < 4.78 is 13.8. The van der Waals surface area contributed by atoms with Crippen LogP contribution >= 0.6 is 0 Å². The lowest BCUT2D eigenvalue weighted by atomic mass is 9.67. The van der Waals surface area contributed by atoms with E-state index in [4.69, 9.17) is 8.83 Å². The minimum absolute atomic E-state index is 0.565. The SMILES string of the molecule is c1ccc(C2(c3ccccc3)c3ccccc3-c3ccc(N(c4ccccc4-c4cccc5c4oc4cc6ccccc6cc45)c4cccc5c4oc4ccccc45)cc32)cc1. The van der Waals surface area contributed by atoms with Crippen LogP contribution in [0.25, 0.3) is 76.9 Å². The molecule has 13 rings (SSSR count). The van der Waals surface area contributed by atoms with E-state index in [1.54, 1.807) is 0 Å². The summed E-state index contributed by atoms with van der Waals surface area (Å²) in [5, 5.41) is 6.72. The van der Waals surface area contributed by atoms with Gasteiger partial charge in [0.2, 0.25) is 0 Å². The van der Waals surface area contributed by atoms with Crippen LogP contribution in [0.1, 0.15) is 22.3 Å². The van der Waals surface area contributed by atoms with Gasteiger partial charge in [0.05, 0.1) is 16.8 Å². The van der Waals surface area contributed by atoms with Crippen molar-refractivity contribution in [2.45, 2.75) is 5.41 Å². The largest absolute Gasteiger partial charge is 0.455 e. The average Bonchev–Trinajstić information content (AvgIpc) is 4.00. The molecule has 3 nitrogen and oxygen atoms in total. The van der Waals surface area contributed by atoms with Crippen LogP contribution in [-0.4, -0.2) is 0 Å². The van der Waals surface area contributed by atoms with Gasteiger partial charge in [-0.3, -0.25) is 0 Å². The summed E-state index contributed by atoms with van der Waals surface area (Å²) in [6.07, 6.45) is 0. The number of furan rings is 2. The zero-order valence-electron chi connectivity index (χ0n) is 33.6. The molecule has 1 aliphatic rings. The summed E-state index contributed by atoms with van der Waals surface area (Å²) in [5.74, 6) is 0. The van der Waals surface area contributed by atoms with Gasteiger partial charge in [-0.05, 0) is 86.6 Å². The van der Waals surface area contributed by atoms with Crippen LogP contribution in [0.3, 0.4) is 0 Å². The van der Waals surface area contributed by atoms with Crippen LogP contribution in [-0.2, 0) is 5.41 Å². The first-order valence-electron chi connectivity index (χ1n) is 21.2. The summed E-state index contributed by atoms with van der Waals surface area (Å²) in [5.41, 5.74) is 15.4. The summed E-state index contributed by atoms with van der Waals surface area (Å²) in [4.78, 5) is 2.40. The monoisotopic (exact) mass is 791 g/mol. The molecule has 0 aliphatic heterocycles. The van der Waals surface area contributed by atoms with Gasteiger partial charge in [0.25, 0.3) is 0 Å². The van der Waals surface area contributed by atoms with Gasteiger partial charge in [0.15, 0.2) is 5.58 Å². The smallest absolute Gasteiger partial charge is 0.159 e. The third-order valence-corrected chi connectivity index (χ3v) is 13.1. The van der Waals surface area contributed by atoms with E-state index in [1.165, 1.54) is 38.8 Å². The number of fused-ring (bicyclic) bond motifs is 10. The van der Waals surface area contributed by atoms with E-state index in [1.807, 2.05) is 6.07 Å². The fourth-order valence-corrected chi connectivity index (χ4v) is 10.5. The second kappa shape index (κ2) is 13.4. The van der Waals surface area contributed by atoms with Crippen LogP contribution in [0, 0.1) is 0 Å². The maximum absolute atomic E-state index is 6.89. The molecular formula is C59H37NO2. The maximum atomic E-state index is 6.89.